The first kappa shape index (κ1) is 14.9. The van der Waals surface area contributed by atoms with Crippen LogP contribution in [0.1, 0.15) is 15.9 Å². The second-order valence-corrected chi connectivity index (χ2v) is 4.98. The Morgan fingerprint density at radius 2 is 2.24 bits per heavy atom. The minimum absolute atomic E-state index is 0.0271. The van der Waals surface area contributed by atoms with Gasteiger partial charge in [0.2, 0.25) is 0 Å². The maximum absolute atomic E-state index is 13.3. The number of halogens is 1. The number of nitro groups is 1. The number of ether oxygens (including phenoxy) is 1. The smallest absolute Gasteiger partial charge is 0.339 e. The normalized spacial score (nSPS) is 10.2. The maximum Gasteiger partial charge on any atom is 0.339 e. The average Bonchev–Trinajstić information content (AvgIpc) is 2.93. The molecule has 21 heavy (non-hydrogen) atoms. The summed E-state index contributed by atoms with van der Waals surface area (Å²) in [5, 5.41) is 15.1. The third kappa shape index (κ3) is 3.54. The van der Waals surface area contributed by atoms with Crippen molar-refractivity contribution in [3.05, 3.63) is 56.7 Å². The van der Waals surface area contributed by atoms with E-state index in [-0.39, 0.29) is 22.8 Å². The Hall–Kier alpha value is -2.48. The van der Waals surface area contributed by atoms with Gasteiger partial charge in [0.25, 0.3) is 0 Å². The van der Waals surface area contributed by atoms with Crippen LogP contribution in [0.3, 0.4) is 0 Å². The Morgan fingerprint density at radius 3 is 2.86 bits per heavy atom. The van der Waals surface area contributed by atoms with E-state index < -0.39 is 16.7 Å². The van der Waals surface area contributed by atoms with Crippen LogP contribution in [-0.4, -0.2) is 18.0 Å². The second-order valence-electron chi connectivity index (χ2n) is 4.09. The summed E-state index contributed by atoms with van der Waals surface area (Å²) in [6, 6.07) is 5.08. The van der Waals surface area contributed by atoms with Gasteiger partial charge in [0, 0.05) is 18.0 Å². The van der Waals surface area contributed by atoms with Crippen molar-refractivity contribution in [1.29, 1.82) is 0 Å². The van der Waals surface area contributed by atoms with Gasteiger partial charge in [-0.3, -0.25) is 10.1 Å². The molecular weight excluding hydrogens is 299 g/mol. The number of carbonyl (C=O) groups excluding carboxylic acids is 1. The van der Waals surface area contributed by atoms with Crippen molar-refractivity contribution in [2.24, 2.45) is 0 Å². The lowest BCUT2D eigenvalue weighted by molar-refractivity contribution is -0.380. The third-order valence-electron chi connectivity index (χ3n) is 2.69. The summed E-state index contributed by atoms with van der Waals surface area (Å²) in [5.41, 5.74) is 1.14. The zero-order valence-electron chi connectivity index (χ0n) is 11.0. The monoisotopic (exact) mass is 310 g/mol. The number of rotatable bonds is 5. The molecule has 0 aliphatic rings. The fourth-order valence-corrected chi connectivity index (χ4v) is 2.43. The summed E-state index contributed by atoms with van der Waals surface area (Å²) in [5.74, 6) is -1.09. The van der Waals surface area contributed by atoms with E-state index in [0.29, 0.717) is 5.56 Å². The molecule has 0 atom stereocenters. The highest BCUT2D eigenvalue weighted by molar-refractivity contribution is 7.13. The number of esters is 1. The molecule has 8 heteroatoms. The topological polar surface area (TPSA) is 81.5 Å². The number of hydrogen-bond donors (Lipinski definition) is 1. The van der Waals surface area contributed by atoms with Crippen LogP contribution in [0.5, 0.6) is 0 Å². The molecule has 110 valence electrons. The third-order valence-corrected chi connectivity index (χ3v) is 3.62. The van der Waals surface area contributed by atoms with E-state index in [4.69, 9.17) is 0 Å². The van der Waals surface area contributed by atoms with Crippen molar-refractivity contribution in [3.63, 3.8) is 0 Å². The van der Waals surface area contributed by atoms with Crippen LogP contribution in [0.25, 0.3) is 0 Å². The number of anilines is 1. The van der Waals surface area contributed by atoms with Crippen LogP contribution in [0, 0.1) is 15.9 Å². The first-order valence-corrected chi connectivity index (χ1v) is 6.72. The van der Waals surface area contributed by atoms with Crippen LogP contribution in [-0.2, 0) is 11.3 Å². The number of hydrogen-bond acceptors (Lipinski definition) is 6. The largest absolute Gasteiger partial charge is 0.465 e. The molecule has 0 amide bonds. The molecular formula is C13H11FN2O4S. The lowest BCUT2D eigenvalue weighted by atomic mass is 10.1. The Balaban J connectivity index is 2.16. The first-order valence-electron chi connectivity index (χ1n) is 5.85. The lowest BCUT2D eigenvalue weighted by Gasteiger charge is -2.10. The summed E-state index contributed by atoms with van der Waals surface area (Å²) >= 11 is 1.01. The Kier molecular flexibility index (Phi) is 4.49. The van der Waals surface area contributed by atoms with Crippen LogP contribution < -0.4 is 5.32 Å². The van der Waals surface area contributed by atoms with Gasteiger partial charge in [-0.2, -0.15) is 0 Å². The van der Waals surface area contributed by atoms with E-state index in [1.165, 1.54) is 25.3 Å². The molecule has 1 aromatic carbocycles. The first-order chi connectivity index (χ1) is 10.0. The molecule has 0 aliphatic heterocycles. The van der Waals surface area contributed by atoms with Crippen molar-refractivity contribution in [2.75, 3.05) is 12.4 Å². The Morgan fingerprint density at radius 1 is 1.48 bits per heavy atom. The highest BCUT2D eigenvalue weighted by atomic mass is 32.1. The van der Waals surface area contributed by atoms with Gasteiger partial charge in [-0.05, 0) is 23.8 Å². The standard InChI is InChI=1S/C13H11FN2O4S/c1-20-13(17)10-3-2-9(14)5-11(10)15-6-8-4-12(16(18)19)21-7-8/h2-5,7,15H,6H2,1H3. The van der Waals surface area contributed by atoms with Gasteiger partial charge < -0.3 is 10.1 Å². The highest BCUT2D eigenvalue weighted by Crippen LogP contribution is 2.24. The molecule has 0 bridgehead atoms. The van der Waals surface area contributed by atoms with Crippen LogP contribution in [0.2, 0.25) is 0 Å². The molecule has 0 fully saturated rings. The number of thiophene rings is 1. The van der Waals surface area contributed by atoms with Crippen LogP contribution >= 0.6 is 11.3 Å². The van der Waals surface area contributed by atoms with Gasteiger partial charge in [-0.1, -0.05) is 11.3 Å². The number of nitrogens with zero attached hydrogens (tertiary/aromatic N) is 1. The number of carbonyl (C=O) groups is 1. The molecule has 1 heterocycles. The van der Waals surface area contributed by atoms with E-state index >= 15 is 0 Å². The molecule has 0 saturated carbocycles. The highest BCUT2D eigenvalue weighted by Gasteiger charge is 2.14. The molecule has 0 spiro atoms. The maximum atomic E-state index is 13.3. The Labute approximate surface area is 123 Å². The number of methoxy groups -OCH3 is 1. The minimum Gasteiger partial charge on any atom is -0.465 e. The molecule has 2 aromatic rings. The second kappa shape index (κ2) is 6.31. The molecule has 2 rings (SSSR count). The zero-order valence-corrected chi connectivity index (χ0v) is 11.8. The van der Waals surface area contributed by atoms with Gasteiger partial charge in [0.15, 0.2) is 0 Å². The summed E-state index contributed by atoms with van der Waals surface area (Å²) < 4.78 is 17.9. The zero-order chi connectivity index (χ0) is 15.4. The van der Waals surface area contributed by atoms with E-state index in [1.807, 2.05) is 0 Å². The van der Waals surface area contributed by atoms with Gasteiger partial charge in [-0.15, -0.1) is 0 Å². The number of nitrogens with one attached hydrogen (secondary N) is 1. The molecule has 0 radical (unpaired) electrons. The lowest BCUT2D eigenvalue weighted by Crippen LogP contribution is -2.08. The predicted octanol–water partition coefficient (Wildman–Crippen LogP) is 3.19. The fourth-order valence-electron chi connectivity index (χ4n) is 1.70. The molecule has 1 aromatic heterocycles. The van der Waals surface area contributed by atoms with Crippen molar-refractivity contribution >= 4 is 28.0 Å². The number of benzene rings is 1. The van der Waals surface area contributed by atoms with E-state index in [1.54, 1.807) is 5.38 Å². The SMILES string of the molecule is COC(=O)c1ccc(F)cc1NCc1csc([N+](=O)[O-])c1. The summed E-state index contributed by atoms with van der Waals surface area (Å²) in [6.45, 7) is 0.234. The molecule has 6 nitrogen and oxygen atoms in total. The average molecular weight is 310 g/mol. The van der Waals surface area contributed by atoms with Crippen LogP contribution in [0.15, 0.2) is 29.6 Å². The van der Waals surface area contributed by atoms with Crippen molar-refractivity contribution < 1.29 is 18.8 Å². The van der Waals surface area contributed by atoms with Gasteiger partial charge >= 0.3 is 11.0 Å². The van der Waals surface area contributed by atoms with Crippen molar-refractivity contribution in [3.8, 4) is 0 Å². The molecule has 0 unspecified atom stereocenters. The van der Waals surface area contributed by atoms with Gasteiger partial charge in [0.05, 0.1) is 23.3 Å². The molecule has 1 N–H and O–H groups in total. The van der Waals surface area contributed by atoms with Crippen molar-refractivity contribution in [2.45, 2.75) is 6.54 Å². The fraction of sp³-hybridized carbons (Fsp3) is 0.154. The van der Waals surface area contributed by atoms with Gasteiger partial charge in [0.1, 0.15) is 5.82 Å². The molecule has 0 saturated heterocycles. The minimum atomic E-state index is -0.589. The van der Waals surface area contributed by atoms with Gasteiger partial charge in [-0.25, -0.2) is 9.18 Å². The van der Waals surface area contributed by atoms with E-state index in [0.717, 1.165) is 17.4 Å². The summed E-state index contributed by atoms with van der Waals surface area (Å²) in [7, 11) is 1.23. The quantitative estimate of drug-likeness (QED) is 0.521. The van der Waals surface area contributed by atoms with Crippen molar-refractivity contribution in [1.82, 2.24) is 0 Å². The summed E-state index contributed by atoms with van der Waals surface area (Å²) in [6.07, 6.45) is 0. The Bertz CT molecular complexity index is 687. The molecule has 0 aliphatic carbocycles. The van der Waals surface area contributed by atoms with E-state index in [9.17, 15) is 19.3 Å². The predicted molar refractivity (Wildman–Crippen MR) is 76.0 cm³/mol. The summed E-state index contributed by atoms with van der Waals surface area (Å²) in [4.78, 5) is 21.7. The van der Waals surface area contributed by atoms with E-state index in [2.05, 4.69) is 10.1 Å². The van der Waals surface area contributed by atoms with Crippen LogP contribution in [0.4, 0.5) is 15.1 Å².